The van der Waals surface area contributed by atoms with Gasteiger partial charge in [0.05, 0.1) is 18.1 Å². The van der Waals surface area contributed by atoms with E-state index in [1.54, 1.807) is 41.3 Å². The minimum Gasteiger partial charge on any atom is -0.507 e. The Balaban J connectivity index is 1.40. The lowest BCUT2D eigenvalue weighted by molar-refractivity contribution is -0.131. The highest BCUT2D eigenvalue weighted by Crippen LogP contribution is 2.46. The molecule has 0 bridgehead atoms. The highest BCUT2D eigenvalue weighted by molar-refractivity contribution is 6.03. The number of aliphatic hydroxyl groups excluding tert-OH is 1. The Bertz CT molecular complexity index is 1350. The van der Waals surface area contributed by atoms with E-state index in [2.05, 4.69) is 0 Å². The van der Waals surface area contributed by atoms with E-state index in [9.17, 15) is 23.8 Å². The first kappa shape index (κ1) is 23.7. The molecule has 1 fully saturated rings. The van der Waals surface area contributed by atoms with Gasteiger partial charge >= 0.3 is 0 Å². The molecule has 1 amide bonds. The molecule has 1 heterocycles. The molecule has 0 saturated carbocycles. The third kappa shape index (κ3) is 4.60. The number of amides is 1. The molecule has 0 spiro atoms. The fourth-order valence-electron chi connectivity index (χ4n) is 4.87. The fourth-order valence-corrected chi connectivity index (χ4v) is 4.87. The second-order valence-electron chi connectivity index (χ2n) is 9.02. The zero-order valence-corrected chi connectivity index (χ0v) is 19.4. The number of aromatic hydroxyl groups is 1. The Morgan fingerprint density at radius 1 is 0.806 bits per heavy atom. The maximum absolute atomic E-state index is 13.5. The van der Waals surface area contributed by atoms with Crippen molar-refractivity contribution < 1.29 is 23.8 Å². The van der Waals surface area contributed by atoms with Crippen molar-refractivity contribution in [3.8, 4) is 16.9 Å². The van der Waals surface area contributed by atoms with Gasteiger partial charge in [-0.15, -0.1) is 0 Å². The molecular formula is C30H25F2NO3. The standard InChI is InChI=1S/C30H25F2NO3/c31-22-11-9-20(10-12-22)27(34)18-17-26-29(33(30(26)36)24-15-13-23(32)14-16-24)21-7-5-19(6-8-21)25-3-1-2-4-28(25)35/h1-16,26-27,29,34-35H,17-18H2/t26-,27+,29-/m1/s1. The van der Waals surface area contributed by atoms with Gasteiger partial charge in [0.25, 0.3) is 0 Å². The van der Waals surface area contributed by atoms with E-state index in [1.165, 1.54) is 24.3 Å². The predicted molar refractivity (Wildman–Crippen MR) is 134 cm³/mol. The van der Waals surface area contributed by atoms with Crippen LogP contribution in [0.4, 0.5) is 14.5 Å². The molecule has 4 nitrogen and oxygen atoms in total. The molecule has 6 heteroatoms. The molecule has 2 N–H and O–H groups in total. The Morgan fingerprint density at radius 3 is 2.06 bits per heavy atom. The van der Waals surface area contributed by atoms with Gasteiger partial charge in [-0.05, 0) is 72.0 Å². The summed E-state index contributed by atoms with van der Waals surface area (Å²) in [5.74, 6) is -1.04. The Morgan fingerprint density at radius 2 is 1.42 bits per heavy atom. The Kier molecular flexibility index (Phi) is 6.53. The predicted octanol–water partition coefficient (Wildman–Crippen LogP) is 6.56. The summed E-state index contributed by atoms with van der Waals surface area (Å²) in [6.45, 7) is 0. The van der Waals surface area contributed by atoms with Gasteiger partial charge in [0.15, 0.2) is 0 Å². The van der Waals surface area contributed by atoms with Crippen molar-refractivity contribution in [3.63, 3.8) is 0 Å². The SMILES string of the molecule is O=C1[C@H](CC[C@H](O)c2ccc(F)cc2)[C@@H](c2ccc(-c3ccccc3O)cc2)N1c1ccc(F)cc1. The third-order valence-corrected chi connectivity index (χ3v) is 6.79. The van der Waals surface area contributed by atoms with Crippen molar-refractivity contribution in [2.45, 2.75) is 25.0 Å². The normalized spacial score (nSPS) is 18.1. The first-order valence-electron chi connectivity index (χ1n) is 11.8. The molecule has 3 atom stereocenters. The summed E-state index contributed by atoms with van der Waals surface area (Å²) in [5.41, 5.74) is 3.66. The molecule has 4 aromatic rings. The number of carbonyl (C=O) groups excluding carboxylic acids is 1. The summed E-state index contributed by atoms with van der Waals surface area (Å²) >= 11 is 0. The average Bonchev–Trinajstić information content (AvgIpc) is 2.89. The number of nitrogens with zero attached hydrogens (tertiary/aromatic N) is 1. The number of para-hydroxylation sites is 1. The van der Waals surface area contributed by atoms with Crippen molar-refractivity contribution in [2.24, 2.45) is 5.92 Å². The summed E-state index contributed by atoms with van der Waals surface area (Å²) in [4.78, 5) is 14.9. The van der Waals surface area contributed by atoms with E-state index in [-0.39, 0.29) is 35.3 Å². The summed E-state index contributed by atoms with van der Waals surface area (Å²) in [7, 11) is 0. The maximum atomic E-state index is 13.5. The first-order valence-corrected chi connectivity index (χ1v) is 11.8. The van der Waals surface area contributed by atoms with Crippen LogP contribution in [0.5, 0.6) is 5.75 Å². The number of hydrogen-bond acceptors (Lipinski definition) is 3. The molecule has 36 heavy (non-hydrogen) atoms. The molecule has 4 aromatic carbocycles. The number of carbonyl (C=O) groups is 1. The van der Waals surface area contributed by atoms with Crippen LogP contribution in [-0.2, 0) is 4.79 Å². The summed E-state index contributed by atoms with van der Waals surface area (Å²) in [6, 6.07) is 26.0. The molecule has 5 rings (SSSR count). The van der Waals surface area contributed by atoms with Gasteiger partial charge in [0.2, 0.25) is 5.91 Å². The number of phenolic OH excluding ortho intramolecular Hbond substituents is 1. The van der Waals surface area contributed by atoms with Crippen LogP contribution in [0.15, 0.2) is 97.1 Å². The topological polar surface area (TPSA) is 60.8 Å². The van der Waals surface area contributed by atoms with Crippen LogP contribution in [-0.4, -0.2) is 16.1 Å². The second-order valence-corrected chi connectivity index (χ2v) is 9.02. The van der Waals surface area contributed by atoms with Crippen molar-refractivity contribution in [1.82, 2.24) is 0 Å². The number of phenols is 1. The van der Waals surface area contributed by atoms with Crippen molar-refractivity contribution >= 4 is 11.6 Å². The van der Waals surface area contributed by atoms with E-state index in [1.807, 2.05) is 36.4 Å². The number of benzene rings is 4. The van der Waals surface area contributed by atoms with Gasteiger partial charge in [-0.3, -0.25) is 4.79 Å². The van der Waals surface area contributed by atoms with Crippen LogP contribution in [0, 0.1) is 17.6 Å². The van der Waals surface area contributed by atoms with Crippen LogP contribution in [0.2, 0.25) is 0 Å². The molecule has 0 radical (unpaired) electrons. The first-order chi connectivity index (χ1) is 17.4. The number of β-lactam (4-membered cyclic amide) rings is 1. The summed E-state index contributed by atoms with van der Waals surface area (Å²) < 4.78 is 26.8. The van der Waals surface area contributed by atoms with Crippen LogP contribution in [0.25, 0.3) is 11.1 Å². The second kappa shape index (κ2) is 9.91. The highest BCUT2D eigenvalue weighted by Gasteiger charge is 2.48. The number of hydrogen-bond donors (Lipinski definition) is 2. The minimum absolute atomic E-state index is 0.0947. The monoisotopic (exact) mass is 485 g/mol. The van der Waals surface area contributed by atoms with Crippen molar-refractivity contribution in [2.75, 3.05) is 4.90 Å². The van der Waals surface area contributed by atoms with Crippen LogP contribution in [0.1, 0.15) is 36.1 Å². The van der Waals surface area contributed by atoms with Crippen molar-refractivity contribution in [3.05, 3.63) is 120 Å². The van der Waals surface area contributed by atoms with Gasteiger partial charge in [0, 0.05) is 11.3 Å². The number of rotatable bonds is 7. The fraction of sp³-hybridized carbons (Fsp3) is 0.167. The lowest BCUT2D eigenvalue weighted by Crippen LogP contribution is -2.55. The molecule has 0 aromatic heterocycles. The largest absolute Gasteiger partial charge is 0.507 e. The average molecular weight is 486 g/mol. The van der Waals surface area contributed by atoms with Gasteiger partial charge in [-0.25, -0.2) is 8.78 Å². The van der Waals surface area contributed by atoms with E-state index < -0.39 is 6.10 Å². The summed E-state index contributed by atoms with van der Waals surface area (Å²) in [5, 5.41) is 20.8. The van der Waals surface area contributed by atoms with E-state index in [4.69, 9.17) is 0 Å². The molecular weight excluding hydrogens is 460 g/mol. The molecule has 0 unspecified atom stereocenters. The zero-order valence-electron chi connectivity index (χ0n) is 19.4. The smallest absolute Gasteiger partial charge is 0.233 e. The van der Waals surface area contributed by atoms with Gasteiger partial charge < -0.3 is 15.1 Å². The molecule has 1 aliphatic rings. The number of anilines is 1. The van der Waals surface area contributed by atoms with E-state index >= 15 is 0 Å². The van der Waals surface area contributed by atoms with Crippen LogP contribution < -0.4 is 4.90 Å². The highest BCUT2D eigenvalue weighted by atomic mass is 19.1. The van der Waals surface area contributed by atoms with Crippen molar-refractivity contribution in [1.29, 1.82) is 0 Å². The summed E-state index contributed by atoms with van der Waals surface area (Å²) in [6.07, 6.45) is -0.0467. The van der Waals surface area contributed by atoms with Crippen LogP contribution >= 0.6 is 0 Å². The lowest BCUT2D eigenvalue weighted by atomic mass is 9.78. The number of aliphatic hydroxyl groups is 1. The van der Waals surface area contributed by atoms with E-state index in [0.717, 1.165) is 11.1 Å². The molecule has 182 valence electrons. The molecule has 0 aliphatic carbocycles. The van der Waals surface area contributed by atoms with Gasteiger partial charge in [-0.2, -0.15) is 0 Å². The van der Waals surface area contributed by atoms with Crippen LogP contribution in [0.3, 0.4) is 0 Å². The quantitative estimate of drug-likeness (QED) is 0.292. The number of halogens is 2. The Hall–Kier alpha value is -4.03. The minimum atomic E-state index is -0.817. The van der Waals surface area contributed by atoms with Gasteiger partial charge in [0.1, 0.15) is 17.4 Å². The Labute approximate surface area is 208 Å². The molecule has 1 saturated heterocycles. The van der Waals surface area contributed by atoms with E-state index in [0.29, 0.717) is 29.7 Å². The molecule has 1 aliphatic heterocycles. The maximum Gasteiger partial charge on any atom is 0.233 e. The lowest BCUT2D eigenvalue weighted by Gasteiger charge is -2.48. The van der Waals surface area contributed by atoms with Gasteiger partial charge in [-0.1, -0.05) is 54.6 Å². The zero-order chi connectivity index (χ0) is 25.2. The third-order valence-electron chi connectivity index (χ3n) is 6.79.